The molecule has 112 valence electrons. The molecule has 0 spiro atoms. The molecule has 6 heteroatoms. The maximum absolute atomic E-state index is 5.84. The van der Waals surface area contributed by atoms with Gasteiger partial charge in [-0.05, 0) is 24.3 Å². The molecule has 0 radical (unpaired) electrons. The highest BCUT2D eigenvalue weighted by atomic mass is 32.1. The van der Waals surface area contributed by atoms with Crippen LogP contribution >= 0.6 is 11.3 Å². The number of para-hydroxylation sites is 2. The topological polar surface area (TPSA) is 75.3 Å². The summed E-state index contributed by atoms with van der Waals surface area (Å²) >= 11 is 1.64. The molecule has 0 unspecified atom stereocenters. The van der Waals surface area contributed by atoms with Crippen LogP contribution in [0.3, 0.4) is 0 Å². The fourth-order valence-electron chi connectivity index (χ4n) is 2.00. The third-order valence-corrected chi connectivity index (χ3v) is 4.00. The standard InChI is InChI=1S/C16H17N5S/c17-15(20-12-6-2-1-3-7-12)18-10-11-19-16-21-13-8-4-5-9-14(13)22-16/h1-9H,10-11H2,(H,19,21)(H3,17,18,20). The zero-order valence-electron chi connectivity index (χ0n) is 12.0. The van der Waals surface area contributed by atoms with Crippen molar-refractivity contribution < 1.29 is 0 Å². The molecule has 0 saturated carbocycles. The fraction of sp³-hybridized carbons (Fsp3) is 0.125. The van der Waals surface area contributed by atoms with Crippen LogP contribution in [0.15, 0.2) is 59.6 Å². The molecule has 0 amide bonds. The summed E-state index contributed by atoms with van der Waals surface area (Å²) in [6.07, 6.45) is 0. The number of anilines is 2. The summed E-state index contributed by atoms with van der Waals surface area (Å²) in [5, 5.41) is 7.23. The molecule has 0 fully saturated rings. The highest BCUT2D eigenvalue weighted by Crippen LogP contribution is 2.24. The molecule has 0 atom stereocenters. The Bertz CT molecular complexity index is 733. The molecule has 5 nitrogen and oxygen atoms in total. The lowest BCUT2D eigenvalue weighted by Crippen LogP contribution is -2.23. The van der Waals surface area contributed by atoms with E-state index in [0.29, 0.717) is 19.0 Å². The fourth-order valence-corrected chi connectivity index (χ4v) is 2.89. The van der Waals surface area contributed by atoms with Gasteiger partial charge in [0.15, 0.2) is 11.1 Å². The third-order valence-electron chi connectivity index (χ3n) is 3.01. The van der Waals surface area contributed by atoms with Crippen molar-refractivity contribution in [2.75, 3.05) is 23.7 Å². The van der Waals surface area contributed by atoms with Crippen LogP contribution in [0.4, 0.5) is 10.8 Å². The summed E-state index contributed by atoms with van der Waals surface area (Å²) < 4.78 is 1.18. The first-order chi connectivity index (χ1) is 10.8. The molecule has 0 bridgehead atoms. The minimum absolute atomic E-state index is 0.414. The molecule has 0 aliphatic carbocycles. The number of aromatic nitrogens is 1. The summed E-state index contributed by atoms with van der Waals surface area (Å²) in [6.45, 7) is 1.28. The number of nitrogens with two attached hydrogens (primary N) is 1. The smallest absolute Gasteiger partial charge is 0.193 e. The number of nitrogens with zero attached hydrogens (tertiary/aromatic N) is 2. The predicted molar refractivity (Wildman–Crippen MR) is 94.7 cm³/mol. The van der Waals surface area contributed by atoms with Crippen LogP contribution < -0.4 is 16.4 Å². The second kappa shape index (κ2) is 6.91. The van der Waals surface area contributed by atoms with E-state index in [1.54, 1.807) is 11.3 Å². The summed E-state index contributed by atoms with van der Waals surface area (Å²) in [5.74, 6) is 0.414. The van der Waals surface area contributed by atoms with E-state index in [4.69, 9.17) is 5.73 Å². The van der Waals surface area contributed by atoms with Gasteiger partial charge in [-0.1, -0.05) is 41.7 Å². The molecule has 3 aromatic rings. The third kappa shape index (κ3) is 3.73. The molecule has 0 aliphatic heterocycles. The summed E-state index contributed by atoms with van der Waals surface area (Å²) in [4.78, 5) is 8.80. The number of benzene rings is 2. The normalized spacial score (nSPS) is 11.5. The van der Waals surface area contributed by atoms with Crippen LogP contribution in [-0.4, -0.2) is 24.0 Å². The van der Waals surface area contributed by atoms with E-state index in [-0.39, 0.29) is 0 Å². The molecule has 0 saturated heterocycles. The Morgan fingerprint density at radius 3 is 2.68 bits per heavy atom. The average molecular weight is 311 g/mol. The zero-order chi connectivity index (χ0) is 15.2. The molecule has 4 N–H and O–H groups in total. The number of fused-ring (bicyclic) bond motifs is 1. The van der Waals surface area contributed by atoms with Crippen LogP contribution in [0.1, 0.15) is 0 Å². The van der Waals surface area contributed by atoms with Gasteiger partial charge >= 0.3 is 0 Å². The maximum atomic E-state index is 5.84. The van der Waals surface area contributed by atoms with Crippen molar-refractivity contribution in [2.45, 2.75) is 0 Å². The highest BCUT2D eigenvalue weighted by Gasteiger charge is 2.01. The Balaban J connectivity index is 1.49. The predicted octanol–water partition coefficient (Wildman–Crippen LogP) is 3.14. The SMILES string of the molecule is NC(=NCCNc1nc2ccccc2s1)Nc1ccccc1. The van der Waals surface area contributed by atoms with Gasteiger partial charge < -0.3 is 16.4 Å². The lowest BCUT2D eigenvalue weighted by molar-refractivity contribution is 1.01. The first kappa shape index (κ1) is 14.3. The van der Waals surface area contributed by atoms with Crippen molar-refractivity contribution in [3.05, 3.63) is 54.6 Å². The Hall–Kier alpha value is -2.60. The number of guanidine groups is 1. The number of hydrogen-bond acceptors (Lipinski definition) is 4. The number of aliphatic imine (C=N–C) groups is 1. The second-order valence-corrected chi connectivity index (χ2v) is 5.70. The van der Waals surface area contributed by atoms with E-state index >= 15 is 0 Å². The van der Waals surface area contributed by atoms with Crippen molar-refractivity contribution in [2.24, 2.45) is 10.7 Å². The Morgan fingerprint density at radius 1 is 1.09 bits per heavy atom. The molecule has 1 aromatic heterocycles. The monoisotopic (exact) mass is 311 g/mol. The van der Waals surface area contributed by atoms with Crippen LogP contribution in [0.25, 0.3) is 10.2 Å². The molecule has 0 aliphatic rings. The number of rotatable bonds is 5. The molecule has 22 heavy (non-hydrogen) atoms. The van der Waals surface area contributed by atoms with Gasteiger partial charge in [-0.15, -0.1) is 0 Å². The maximum Gasteiger partial charge on any atom is 0.193 e. The van der Waals surface area contributed by atoms with Crippen molar-refractivity contribution in [3.63, 3.8) is 0 Å². The highest BCUT2D eigenvalue weighted by molar-refractivity contribution is 7.22. The minimum Gasteiger partial charge on any atom is -0.370 e. The molecular weight excluding hydrogens is 294 g/mol. The van der Waals surface area contributed by atoms with E-state index < -0.39 is 0 Å². The molecule has 1 heterocycles. The zero-order valence-corrected chi connectivity index (χ0v) is 12.8. The van der Waals surface area contributed by atoms with E-state index in [0.717, 1.165) is 16.3 Å². The summed E-state index contributed by atoms with van der Waals surface area (Å²) in [7, 11) is 0. The summed E-state index contributed by atoms with van der Waals surface area (Å²) in [5.41, 5.74) is 7.80. The van der Waals surface area contributed by atoms with E-state index in [9.17, 15) is 0 Å². The second-order valence-electron chi connectivity index (χ2n) is 4.67. The lowest BCUT2D eigenvalue weighted by atomic mass is 10.3. The van der Waals surface area contributed by atoms with Gasteiger partial charge in [-0.3, -0.25) is 4.99 Å². The van der Waals surface area contributed by atoms with Gasteiger partial charge in [0.1, 0.15) is 0 Å². The Morgan fingerprint density at radius 2 is 1.86 bits per heavy atom. The van der Waals surface area contributed by atoms with E-state index in [2.05, 4.69) is 26.7 Å². The first-order valence-electron chi connectivity index (χ1n) is 7.03. The quantitative estimate of drug-likeness (QED) is 0.384. The largest absolute Gasteiger partial charge is 0.370 e. The Kier molecular flexibility index (Phi) is 4.50. The Labute approximate surface area is 132 Å². The van der Waals surface area contributed by atoms with Gasteiger partial charge in [0, 0.05) is 12.2 Å². The van der Waals surface area contributed by atoms with Crippen molar-refractivity contribution in [3.8, 4) is 0 Å². The van der Waals surface area contributed by atoms with Gasteiger partial charge in [-0.2, -0.15) is 0 Å². The van der Waals surface area contributed by atoms with Crippen LogP contribution in [0.5, 0.6) is 0 Å². The molecular formula is C16H17N5S. The van der Waals surface area contributed by atoms with Crippen LogP contribution in [-0.2, 0) is 0 Å². The average Bonchev–Trinajstić information content (AvgIpc) is 2.95. The van der Waals surface area contributed by atoms with Crippen LogP contribution in [0.2, 0.25) is 0 Å². The number of thiazole rings is 1. The van der Waals surface area contributed by atoms with E-state index in [1.807, 2.05) is 48.5 Å². The van der Waals surface area contributed by atoms with Crippen molar-refractivity contribution in [1.29, 1.82) is 0 Å². The van der Waals surface area contributed by atoms with Gasteiger partial charge in [0.2, 0.25) is 0 Å². The number of nitrogens with one attached hydrogen (secondary N) is 2. The summed E-state index contributed by atoms with van der Waals surface area (Å²) in [6, 6.07) is 17.8. The van der Waals surface area contributed by atoms with Crippen molar-refractivity contribution >= 4 is 38.3 Å². The number of hydrogen-bond donors (Lipinski definition) is 3. The first-order valence-corrected chi connectivity index (χ1v) is 7.84. The van der Waals surface area contributed by atoms with Gasteiger partial charge in [0.25, 0.3) is 0 Å². The van der Waals surface area contributed by atoms with Crippen molar-refractivity contribution in [1.82, 2.24) is 4.98 Å². The van der Waals surface area contributed by atoms with Gasteiger partial charge in [-0.25, -0.2) is 4.98 Å². The van der Waals surface area contributed by atoms with Crippen LogP contribution in [0, 0.1) is 0 Å². The minimum atomic E-state index is 0.414. The van der Waals surface area contributed by atoms with E-state index in [1.165, 1.54) is 4.70 Å². The van der Waals surface area contributed by atoms with Gasteiger partial charge in [0.05, 0.1) is 16.8 Å². The molecule has 3 rings (SSSR count). The lowest BCUT2D eigenvalue weighted by Gasteiger charge is -2.05. The molecule has 2 aromatic carbocycles.